The number of nitrogens with zero attached hydrogens (tertiary/aromatic N) is 3. The number of aryl methyl sites for hydroxylation is 1. The van der Waals surface area contributed by atoms with Crippen molar-refractivity contribution in [3.8, 4) is 11.8 Å². The van der Waals surface area contributed by atoms with Crippen molar-refractivity contribution in [1.29, 1.82) is 5.26 Å². The molecule has 8 heteroatoms. The average molecular weight is 318 g/mol. The van der Waals surface area contributed by atoms with Crippen molar-refractivity contribution in [2.45, 2.75) is 24.3 Å². The quantitative estimate of drug-likeness (QED) is 0.923. The minimum atomic E-state index is -3.80. The molecule has 1 aliphatic rings. The first-order valence-electron chi connectivity index (χ1n) is 6.65. The summed E-state index contributed by atoms with van der Waals surface area (Å²) in [5.41, 5.74) is 1.03. The molecule has 0 amide bonds. The van der Waals surface area contributed by atoms with E-state index >= 15 is 0 Å². The average Bonchev–Trinajstić information content (AvgIpc) is 2.98. The van der Waals surface area contributed by atoms with Crippen LogP contribution >= 0.6 is 0 Å². The van der Waals surface area contributed by atoms with E-state index in [4.69, 9.17) is 10.00 Å². The number of anilines is 1. The van der Waals surface area contributed by atoms with E-state index in [0.29, 0.717) is 12.2 Å². The summed E-state index contributed by atoms with van der Waals surface area (Å²) in [6.07, 6.45) is 2.17. The van der Waals surface area contributed by atoms with E-state index in [2.05, 4.69) is 9.82 Å². The Labute approximate surface area is 128 Å². The fourth-order valence-corrected chi connectivity index (χ4v) is 3.47. The van der Waals surface area contributed by atoms with E-state index in [9.17, 15) is 8.42 Å². The molecule has 2 heterocycles. The number of sulfonamides is 1. The lowest BCUT2D eigenvalue weighted by Crippen LogP contribution is -2.14. The number of ether oxygens (including phenoxy) is 1. The first-order valence-corrected chi connectivity index (χ1v) is 8.13. The fraction of sp³-hybridized carbons (Fsp3) is 0.286. The van der Waals surface area contributed by atoms with Gasteiger partial charge in [0.25, 0.3) is 10.0 Å². The Hall–Kier alpha value is -2.53. The Bertz CT molecular complexity index is 880. The van der Waals surface area contributed by atoms with E-state index in [-0.39, 0.29) is 22.4 Å². The van der Waals surface area contributed by atoms with Crippen molar-refractivity contribution >= 4 is 15.8 Å². The summed E-state index contributed by atoms with van der Waals surface area (Å²) >= 11 is 0. The summed E-state index contributed by atoms with van der Waals surface area (Å²) in [6, 6.07) is 6.63. The van der Waals surface area contributed by atoms with E-state index in [1.54, 1.807) is 19.2 Å². The highest BCUT2D eigenvalue weighted by Gasteiger charge is 2.24. The second-order valence-electron chi connectivity index (χ2n) is 5.18. The monoisotopic (exact) mass is 318 g/mol. The van der Waals surface area contributed by atoms with Gasteiger partial charge in [0, 0.05) is 19.7 Å². The van der Waals surface area contributed by atoms with Gasteiger partial charge in [-0.25, -0.2) is 8.42 Å². The number of hydrogen-bond donors (Lipinski definition) is 1. The van der Waals surface area contributed by atoms with Crippen molar-refractivity contribution in [3.05, 3.63) is 35.5 Å². The number of fused-ring (bicyclic) bond motifs is 1. The molecule has 0 radical (unpaired) electrons. The number of rotatable bonds is 3. The van der Waals surface area contributed by atoms with Crippen LogP contribution in [0.5, 0.6) is 5.75 Å². The van der Waals surface area contributed by atoms with Gasteiger partial charge in [0.1, 0.15) is 23.5 Å². The van der Waals surface area contributed by atoms with Crippen LogP contribution in [-0.2, 0) is 23.5 Å². The molecule has 1 aliphatic heterocycles. The lowest BCUT2D eigenvalue weighted by atomic mass is 10.1. The number of nitriles is 1. The third-order valence-electron chi connectivity index (χ3n) is 3.36. The minimum absolute atomic E-state index is 0.0233. The maximum absolute atomic E-state index is 12.4. The van der Waals surface area contributed by atoms with E-state index in [0.717, 1.165) is 5.56 Å². The fourth-order valence-electron chi connectivity index (χ4n) is 2.40. The number of hydrogen-bond acceptors (Lipinski definition) is 5. The van der Waals surface area contributed by atoms with Gasteiger partial charge in [-0.3, -0.25) is 9.40 Å². The summed E-state index contributed by atoms with van der Waals surface area (Å²) in [4.78, 5) is 0.124. The highest BCUT2D eigenvalue weighted by atomic mass is 32.2. The van der Waals surface area contributed by atoms with Gasteiger partial charge in [-0.15, -0.1) is 0 Å². The summed E-state index contributed by atoms with van der Waals surface area (Å²) < 4.78 is 34.2. The van der Waals surface area contributed by atoms with Gasteiger partial charge in [0.05, 0.1) is 4.90 Å². The number of aromatic nitrogens is 2. The Morgan fingerprint density at radius 3 is 3.00 bits per heavy atom. The number of nitrogens with one attached hydrogen (secondary N) is 1. The molecule has 0 spiro atoms. The highest BCUT2D eigenvalue weighted by molar-refractivity contribution is 7.92. The van der Waals surface area contributed by atoms with Gasteiger partial charge in [-0.05, 0) is 30.7 Å². The van der Waals surface area contributed by atoms with Gasteiger partial charge < -0.3 is 4.74 Å². The molecule has 2 aromatic rings. The molecule has 114 valence electrons. The first kappa shape index (κ1) is 14.4. The maximum Gasteiger partial charge on any atom is 0.263 e. The molecule has 0 saturated carbocycles. The lowest BCUT2D eigenvalue weighted by Gasteiger charge is -2.07. The van der Waals surface area contributed by atoms with Crippen LogP contribution in [0.4, 0.5) is 5.82 Å². The Morgan fingerprint density at radius 2 is 2.27 bits per heavy atom. The molecule has 1 atom stereocenters. The molecular weight excluding hydrogens is 304 g/mol. The van der Waals surface area contributed by atoms with Gasteiger partial charge in [0.2, 0.25) is 0 Å². The minimum Gasteiger partial charge on any atom is -0.490 e. The van der Waals surface area contributed by atoms with Gasteiger partial charge in [-0.2, -0.15) is 10.4 Å². The summed E-state index contributed by atoms with van der Waals surface area (Å²) in [6.45, 7) is 1.93. The number of benzene rings is 1. The van der Waals surface area contributed by atoms with Gasteiger partial charge in [0.15, 0.2) is 5.82 Å². The van der Waals surface area contributed by atoms with E-state index in [1.807, 2.05) is 13.0 Å². The highest BCUT2D eigenvalue weighted by Crippen LogP contribution is 2.31. The third-order valence-corrected chi connectivity index (χ3v) is 4.69. The third kappa shape index (κ3) is 2.51. The molecule has 0 bridgehead atoms. The molecule has 7 nitrogen and oxygen atoms in total. The van der Waals surface area contributed by atoms with Crippen LogP contribution in [0.2, 0.25) is 0 Å². The van der Waals surface area contributed by atoms with Gasteiger partial charge >= 0.3 is 0 Å². The summed E-state index contributed by atoms with van der Waals surface area (Å²) in [5, 5.41) is 13.0. The molecule has 22 heavy (non-hydrogen) atoms. The predicted molar refractivity (Wildman–Crippen MR) is 79.0 cm³/mol. The second-order valence-corrected chi connectivity index (χ2v) is 6.87. The molecule has 1 aromatic carbocycles. The Morgan fingerprint density at radius 1 is 1.50 bits per heavy atom. The predicted octanol–water partition coefficient (Wildman–Crippen LogP) is 1.42. The normalized spacial score (nSPS) is 16.7. The van der Waals surface area contributed by atoms with E-state index < -0.39 is 10.0 Å². The Balaban J connectivity index is 1.94. The van der Waals surface area contributed by atoms with Crippen LogP contribution in [-0.4, -0.2) is 24.3 Å². The molecule has 0 saturated heterocycles. The van der Waals surface area contributed by atoms with Crippen molar-refractivity contribution in [1.82, 2.24) is 9.78 Å². The van der Waals surface area contributed by atoms with Crippen LogP contribution in [0, 0.1) is 11.3 Å². The van der Waals surface area contributed by atoms with Crippen molar-refractivity contribution < 1.29 is 13.2 Å². The molecule has 1 unspecified atom stereocenters. The summed E-state index contributed by atoms with van der Waals surface area (Å²) in [5.74, 6) is 0.733. The largest absolute Gasteiger partial charge is 0.490 e. The molecule has 3 rings (SSSR count). The molecule has 0 aliphatic carbocycles. The summed E-state index contributed by atoms with van der Waals surface area (Å²) in [7, 11) is -2.19. The lowest BCUT2D eigenvalue weighted by molar-refractivity contribution is 0.254. The van der Waals surface area contributed by atoms with Crippen LogP contribution in [0.3, 0.4) is 0 Å². The van der Waals surface area contributed by atoms with Crippen LogP contribution in [0.25, 0.3) is 0 Å². The Kier molecular flexibility index (Phi) is 3.30. The first-order chi connectivity index (χ1) is 10.4. The molecule has 0 fully saturated rings. The van der Waals surface area contributed by atoms with Crippen molar-refractivity contribution in [3.63, 3.8) is 0 Å². The van der Waals surface area contributed by atoms with Crippen LogP contribution < -0.4 is 9.46 Å². The van der Waals surface area contributed by atoms with E-state index in [1.165, 1.54) is 16.9 Å². The maximum atomic E-state index is 12.4. The molecular formula is C14H14N4O3S. The smallest absolute Gasteiger partial charge is 0.263 e. The zero-order valence-electron chi connectivity index (χ0n) is 12.1. The zero-order valence-corrected chi connectivity index (χ0v) is 12.9. The zero-order chi connectivity index (χ0) is 15.9. The standard InChI is InChI=1S/C14H14N4O3S/c1-9-5-10-6-12(3-4-13(10)21-9)22(19,20)17-14-11(7-15)8-18(2)16-14/h3-4,6,8-9H,5H2,1-2H3,(H,16,17). The SMILES string of the molecule is CC1Cc2cc(S(=O)(=O)Nc3nn(C)cc3C#N)ccc2O1. The van der Waals surface area contributed by atoms with Crippen molar-refractivity contribution in [2.24, 2.45) is 7.05 Å². The van der Waals surface area contributed by atoms with Crippen LogP contribution in [0.1, 0.15) is 18.1 Å². The molecule has 1 N–H and O–H groups in total. The molecule has 1 aromatic heterocycles. The van der Waals surface area contributed by atoms with Crippen LogP contribution in [0.15, 0.2) is 29.3 Å². The second kappa shape index (κ2) is 5.03. The van der Waals surface area contributed by atoms with Crippen molar-refractivity contribution in [2.75, 3.05) is 4.72 Å². The topological polar surface area (TPSA) is 97.0 Å². The van der Waals surface area contributed by atoms with Gasteiger partial charge in [-0.1, -0.05) is 0 Å².